The molecule has 106 valence electrons. The highest BCUT2D eigenvalue weighted by Crippen LogP contribution is 2.13. The lowest BCUT2D eigenvalue weighted by atomic mass is 10.2. The van der Waals surface area contributed by atoms with E-state index in [2.05, 4.69) is 31.3 Å². The first-order valence-electron chi connectivity index (χ1n) is 6.19. The van der Waals surface area contributed by atoms with Gasteiger partial charge in [-0.15, -0.1) is 5.10 Å². The van der Waals surface area contributed by atoms with Crippen molar-refractivity contribution in [2.75, 3.05) is 5.32 Å². The summed E-state index contributed by atoms with van der Waals surface area (Å²) in [6, 6.07) is 11.1. The van der Waals surface area contributed by atoms with Gasteiger partial charge >= 0.3 is 0 Å². The van der Waals surface area contributed by atoms with Crippen molar-refractivity contribution in [2.24, 2.45) is 0 Å². The van der Waals surface area contributed by atoms with Gasteiger partial charge in [0.25, 0.3) is 5.91 Å². The van der Waals surface area contributed by atoms with Crippen molar-refractivity contribution in [1.29, 1.82) is 0 Å². The molecular formula is C14H11BrN4O2. The molecule has 0 fully saturated rings. The van der Waals surface area contributed by atoms with Crippen molar-refractivity contribution < 1.29 is 9.21 Å². The van der Waals surface area contributed by atoms with Gasteiger partial charge in [0.2, 0.25) is 5.95 Å². The summed E-state index contributed by atoms with van der Waals surface area (Å²) < 4.78 is 7.66. The first-order valence-corrected chi connectivity index (χ1v) is 6.99. The van der Waals surface area contributed by atoms with Crippen LogP contribution in [0.25, 0.3) is 0 Å². The first kappa shape index (κ1) is 13.6. The van der Waals surface area contributed by atoms with E-state index in [1.165, 1.54) is 6.26 Å². The third kappa shape index (κ3) is 3.38. The lowest BCUT2D eigenvalue weighted by Crippen LogP contribution is -2.12. The monoisotopic (exact) mass is 346 g/mol. The molecule has 0 unspecified atom stereocenters. The van der Waals surface area contributed by atoms with Crippen molar-refractivity contribution in [3.8, 4) is 0 Å². The molecule has 0 aliphatic rings. The van der Waals surface area contributed by atoms with E-state index in [1.54, 1.807) is 23.1 Å². The maximum Gasteiger partial charge on any atom is 0.293 e. The van der Waals surface area contributed by atoms with Crippen molar-refractivity contribution in [2.45, 2.75) is 6.54 Å². The van der Waals surface area contributed by atoms with E-state index in [0.29, 0.717) is 6.54 Å². The predicted octanol–water partition coefficient (Wildman–Crippen LogP) is 2.93. The fraction of sp³-hybridized carbons (Fsp3) is 0.0714. The number of furan rings is 1. The lowest BCUT2D eigenvalue weighted by Gasteiger charge is -2.01. The van der Waals surface area contributed by atoms with Crippen LogP contribution in [0.1, 0.15) is 16.1 Å². The number of hydrogen-bond donors (Lipinski definition) is 1. The molecule has 1 amide bonds. The number of carbonyl (C=O) groups excluding carboxylic acids is 1. The summed E-state index contributed by atoms with van der Waals surface area (Å²) in [5.41, 5.74) is 1.08. The highest BCUT2D eigenvalue weighted by Gasteiger charge is 2.11. The molecule has 21 heavy (non-hydrogen) atoms. The summed E-state index contributed by atoms with van der Waals surface area (Å²) in [5.74, 6) is 0.0879. The van der Waals surface area contributed by atoms with Gasteiger partial charge in [-0.3, -0.25) is 10.1 Å². The third-order valence-corrected chi connectivity index (χ3v) is 3.23. The molecule has 3 aromatic rings. The Labute approximate surface area is 128 Å². The van der Waals surface area contributed by atoms with E-state index in [4.69, 9.17) is 4.42 Å². The predicted molar refractivity (Wildman–Crippen MR) is 79.9 cm³/mol. The average Bonchev–Trinajstić information content (AvgIpc) is 3.10. The molecule has 2 aromatic heterocycles. The van der Waals surface area contributed by atoms with Gasteiger partial charge in [0.15, 0.2) is 5.76 Å². The summed E-state index contributed by atoms with van der Waals surface area (Å²) in [4.78, 5) is 15.8. The van der Waals surface area contributed by atoms with Crippen molar-refractivity contribution in [3.05, 3.63) is 64.8 Å². The Morgan fingerprint density at radius 1 is 1.33 bits per heavy atom. The zero-order chi connectivity index (χ0) is 14.7. The Hall–Kier alpha value is -2.41. The number of nitrogens with zero attached hydrogens (tertiary/aromatic N) is 3. The van der Waals surface area contributed by atoms with E-state index in [9.17, 15) is 4.79 Å². The Bertz CT molecular complexity index is 752. The van der Waals surface area contributed by atoms with Gasteiger partial charge in [0.1, 0.15) is 6.33 Å². The van der Waals surface area contributed by atoms with Crippen LogP contribution < -0.4 is 5.32 Å². The van der Waals surface area contributed by atoms with Gasteiger partial charge in [0, 0.05) is 4.47 Å². The van der Waals surface area contributed by atoms with Crippen molar-refractivity contribution in [3.63, 3.8) is 0 Å². The smallest absolute Gasteiger partial charge is 0.293 e. The van der Waals surface area contributed by atoms with Crippen LogP contribution in [0.2, 0.25) is 0 Å². The largest absolute Gasteiger partial charge is 0.459 e. The second-order valence-electron chi connectivity index (χ2n) is 4.33. The number of anilines is 1. The van der Waals surface area contributed by atoms with Crippen molar-refractivity contribution >= 4 is 27.8 Å². The number of hydrogen-bond acceptors (Lipinski definition) is 4. The summed E-state index contributed by atoms with van der Waals surface area (Å²) in [6.45, 7) is 0.572. The quantitative estimate of drug-likeness (QED) is 0.788. The second-order valence-corrected chi connectivity index (χ2v) is 5.24. The number of aromatic nitrogens is 3. The molecule has 2 heterocycles. The Kier molecular flexibility index (Phi) is 3.83. The van der Waals surface area contributed by atoms with E-state index in [1.807, 2.05) is 24.3 Å². The van der Waals surface area contributed by atoms with E-state index < -0.39 is 0 Å². The molecule has 1 N–H and O–H groups in total. The van der Waals surface area contributed by atoms with E-state index >= 15 is 0 Å². The van der Waals surface area contributed by atoms with Crippen LogP contribution in [-0.2, 0) is 6.54 Å². The highest BCUT2D eigenvalue weighted by atomic mass is 79.9. The third-order valence-electron chi connectivity index (χ3n) is 2.74. The number of carbonyl (C=O) groups is 1. The molecule has 0 aliphatic heterocycles. The summed E-state index contributed by atoms with van der Waals surface area (Å²) in [7, 11) is 0. The molecule has 0 bridgehead atoms. The topological polar surface area (TPSA) is 73.0 Å². The molecule has 3 rings (SSSR count). The maximum atomic E-state index is 11.8. The van der Waals surface area contributed by atoms with Gasteiger partial charge in [-0.2, -0.15) is 0 Å². The number of benzene rings is 1. The molecular weight excluding hydrogens is 336 g/mol. The summed E-state index contributed by atoms with van der Waals surface area (Å²) in [6.07, 6.45) is 3.01. The minimum absolute atomic E-state index is 0.221. The Morgan fingerprint density at radius 2 is 2.24 bits per heavy atom. The van der Waals surface area contributed by atoms with Gasteiger partial charge in [-0.25, -0.2) is 9.67 Å². The summed E-state index contributed by atoms with van der Waals surface area (Å²) >= 11 is 3.42. The molecule has 7 heteroatoms. The molecule has 0 spiro atoms. The average molecular weight is 347 g/mol. The van der Waals surface area contributed by atoms with E-state index in [-0.39, 0.29) is 17.6 Å². The van der Waals surface area contributed by atoms with Crippen LogP contribution in [0.15, 0.2) is 57.9 Å². The van der Waals surface area contributed by atoms with Crippen LogP contribution in [-0.4, -0.2) is 20.7 Å². The molecule has 1 aromatic carbocycles. The number of halogens is 1. The number of amides is 1. The Balaban J connectivity index is 1.68. The fourth-order valence-corrected chi connectivity index (χ4v) is 2.27. The van der Waals surface area contributed by atoms with Gasteiger partial charge in [0.05, 0.1) is 12.8 Å². The first-order chi connectivity index (χ1) is 10.2. The standard InChI is InChI=1S/C14H11BrN4O2/c15-11-4-1-3-10(7-11)8-19-9-16-14(18-19)17-13(20)12-5-2-6-21-12/h1-7,9H,8H2,(H,17,18,20). The SMILES string of the molecule is O=C(Nc1ncn(Cc2cccc(Br)c2)n1)c1ccco1. The highest BCUT2D eigenvalue weighted by molar-refractivity contribution is 9.10. The number of rotatable bonds is 4. The molecule has 6 nitrogen and oxygen atoms in total. The number of nitrogens with one attached hydrogen (secondary N) is 1. The maximum absolute atomic E-state index is 11.8. The fourth-order valence-electron chi connectivity index (χ4n) is 1.82. The van der Waals surface area contributed by atoms with Crippen LogP contribution in [0.3, 0.4) is 0 Å². The van der Waals surface area contributed by atoms with Crippen LogP contribution in [0.4, 0.5) is 5.95 Å². The zero-order valence-electron chi connectivity index (χ0n) is 10.9. The zero-order valence-corrected chi connectivity index (χ0v) is 12.4. The minimum Gasteiger partial charge on any atom is -0.459 e. The van der Waals surface area contributed by atoms with Crippen LogP contribution >= 0.6 is 15.9 Å². The molecule has 0 saturated heterocycles. The van der Waals surface area contributed by atoms with Gasteiger partial charge in [-0.05, 0) is 29.8 Å². The molecule has 0 saturated carbocycles. The normalized spacial score (nSPS) is 10.5. The van der Waals surface area contributed by atoms with Crippen LogP contribution in [0, 0.1) is 0 Å². The minimum atomic E-state index is -0.375. The molecule has 0 radical (unpaired) electrons. The molecule has 0 aliphatic carbocycles. The van der Waals surface area contributed by atoms with Crippen LogP contribution in [0.5, 0.6) is 0 Å². The lowest BCUT2D eigenvalue weighted by molar-refractivity contribution is 0.0996. The van der Waals surface area contributed by atoms with Crippen molar-refractivity contribution in [1.82, 2.24) is 14.8 Å². The Morgan fingerprint density at radius 3 is 3.00 bits per heavy atom. The van der Waals surface area contributed by atoms with Gasteiger partial charge < -0.3 is 4.42 Å². The van der Waals surface area contributed by atoms with E-state index in [0.717, 1.165) is 10.0 Å². The summed E-state index contributed by atoms with van der Waals surface area (Å²) in [5, 5.41) is 6.78. The molecule has 0 atom stereocenters. The second kappa shape index (κ2) is 5.92. The van der Waals surface area contributed by atoms with Gasteiger partial charge in [-0.1, -0.05) is 28.1 Å².